The molecule has 2 saturated heterocycles. The third-order valence-corrected chi connectivity index (χ3v) is 3.92. The zero-order chi connectivity index (χ0) is 12.1. The molecule has 100 valence electrons. The van der Waals surface area contributed by atoms with Gasteiger partial charge >= 0.3 is 0 Å². The smallest absolute Gasteiger partial charge is 0.0593 e. The van der Waals surface area contributed by atoms with Gasteiger partial charge in [-0.1, -0.05) is 20.3 Å². The lowest BCUT2D eigenvalue weighted by atomic mass is 9.99. The fraction of sp³-hybridized carbons (Fsp3) is 1.00. The lowest BCUT2D eigenvalue weighted by Crippen LogP contribution is -2.55. The van der Waals surface area contributed by atoms with Gasteiger partial charge in [-0.25, -0.2) is 0 Å². The number of fused-ring (bicyclic) bond motifs is 1. The molecule has 0 aromatic carbocycles. The number of hydrogen-bond acceptors (Lipinski definition) is 3. The van der Waals surface area contributed by atoms with E-state index in [-0.39, 0.29) is 0 Å². The van der Waals surface area contributed by atoms with Crippen molar-refractivity contribution in [3.05, 3.63) is 0 Å². The minimum absolute atomic E-state index is 0.658. The second-order valence-corrected chi connectivity index (χ2v) is 5.95. The van der Waals surface area contributed by atoms with Gasteiger partial charge in [-0.3, -0.25) is 9.80 Å². The van der Waals surface area contributed by atoms with Crippen LogP contribution in [0.3, 0.4) is 0 Å². The molecule has 0 spiro atoms. The van der Waals surface area contributed by atoms with Crippen LogP contribution in [0.1, 0.15) is 33.1 Å². The Labute approximate surface area is 106 Å². The van der Waals surface area contributed by atoms with Gasteiger partial charge in [0.05, 0.1) is 6.61 Å². The van der Waals surface area contributed by atoms with Crippen molar-refractivity contribution in [2.24, 2.45) is 5.92 Å². The summed E-state index contributed by atoms with van der Waals surface area (Å²) in [6.45, 7) is 12.5. The maximum atomic E-state index is 5.68. The van der Waals surface area contributed by atoms with Crippen LogP contribution in [0.15, 0.2) is 0 Å². The van der Waals surface area contributed by atoms with Gasteiger partial charge in [-0.2, -0.15) is 0 Å². The fourth-order valence-electron chi connectivity index (χ4n) is 2.94. The van der Waals surface area contributed by atoms with Gasteiger partial charge in [0.15, 0.2) is 0 Å². The first-order valence-corrected chi connectivity index (χ1v) is 7.30. The van der Waals surface area contributed by atoms with E-state index in [1.807, 2.05) is 0 Å². The summed E-state index contributed by atoms with van der Waals surface area (Å²) < 4.78 is 5.68. The molecule has 2 aliphatic rings. The van der Waals surface area contributed by atoms with Crippen LogP contribution >= 0.6 is 0 Å². The van der Waals surface area contributed by atoms with E-state index in [4.69, 9.17) is 4.74 Å². The molecule has 3 heteroatoms. The second kappa shape index (κ2) is 6.72. The molecule has 2 rings (SSSR count). The molecule has 2 heterocycles. The van der Waals surface area contributed by atoms with Gasteiger partial charge in [-0.05, 0) is 25.3 Å². The Bertz CT molecular complexity index is 220. The van der Waals surface area contributed by atoms with Crippen LogP contribution in [0.5, 0.6) is 0 Å². The molecule has 0 saturated carbocycles. The summed E-state index contributed by atoms with van der Waals surface area (Å²) in [6.07, 6.45) is 4.25. The van der Waals surface area contributed by atoms with Crippen LogP contribution in [0.2, 0.25) is 0 Å². The molecule has 2 aliphatic heterocycles. The zero-order valence-corrected chi connectivity index (χ0v) is 11.5. The molecule has 0 N–H and O–H groups in total. The number of rotatable bonds is 5. The monoisotopic (exact) mass is 240 g/mol. The summed E-state index contributed by atoms with van der Waals surface area (Å²) in [4.78, 5) is 5.28. The molecule has 2 fully saturated rings. The topological polar surface area (TPSA) is 15.7 Å². The Morgan fingerprint density at radius 2 is 2.06 bits per heavy atom. The normalized spacial score (nSPS) is 27.4. The van der Waals surface area contributed by atoms with Crippen LogP contribution < -0.4 is 0 Å². The maximum absolute atomic E-state index is 5.68. The van der Waals surface area contributed by atoms with Crippen molar-refractivity contribution in [2.75, 3.05) is 45.9 Å². The van der Waals surface area contributed by atoms with Crippen molar-refractivity contribution in [1.29, 1.82) is 0 Å². The van der Waals surface area contributed by atoms with Crippen molar-refractivity contribution >= 4 is 0 Å². The first-order valence-electron chi connectivity index (χ1n) is 7.30. The van der Waals surface area contributed by atoms with Crippen molar-refractivity contribution < 1.29 is 4.74 Å². The van der Waals surface area contributed by atoms with E-state index in [1.165, 1.54) is 45.4 Å². The van der Waals surface area contributed by atoms with Crippen molar-refractivity contribution in [2.45, 2.75) is 39.2 Å². The van der Waals surface area contributed by atoms with E-state index >= 15 is 0 Å². The highest BCUT2D eigenvalue weighted by atomic mass is 16.5. The molecule has 0 bridgehead atoms. The fourth-order valence-corrected chi connectivity index (χ4v) is 2.94. The summed E-state index contributed by atoms with van der Waals surface area (Å²) >= 11 is 0. The predicted octanol–water partition coefficient (Wildman–Crippen LogP) is 1.83. The Balaban J connectivity index is 1.62. The quantitative estimate of drug-likeness (QED) is 0.682. The van der Waals surface area contributed by atoms with Crippen molar-refractivity contribution in [3.63, 3.8) is 0 Å². The van der Waals surface area contributed by atoms with Crippen LogP contribution in [-0.4, -0.2) is 61.8 Å². The van der Waals surface area contributed by atoms with Gasteiger partial charge in [0.25, 0.3) is 0 Å². The summed E-state index contributed by atoms with van der Waals surface area (Å²) in [6, 6.07) is 0.836. The lowest BCUT2D eigenvalue weighted by molar-refractivity contribution is 0.0257. The van der Waals surface area contributed by atoms with Crippen LogP contribution in [0.25, 0.3) is 0 Å². The highest BCUT2D eigenvalue weighted by Gasteiger charge is 2.28. The lowest BCUT2D eigenvalue weighted by Gasteiger charge is -2.44. The van der Waals surface area contributed by atoms with E-state index < -0.39 is 0 Å². The first-order chi connectivity index (χ1) is 8.25. The molecule has 0 radical (unpaired) electrons. The number of hydrogen-bond donors (Lipinski definition) is 0. The zero-order valence-electron chi connectivity index (χ0n) is 11.5. The van der Waals surface area contributed by atoms with Gasteiger partial charge < -0.3 is 4.74 Å². The van der Waals surface area contributed by atoms with E-state index in [2.05, 4.69) is 23.6 Å². The molecule has 17 heavy (non-hydrogen) atoms. The van der Waals surface area contributed by atoms with Crippen LogP contribution in [-0.2, 0) is 4.74 Å². The third kappa shape index (κ3) is 4.23. The Hall–Kier alpha value is -0.120. The van der Waals surface area contributed by atoms with E-state index in [1.54, 1.807) is 0 Å². The SMILES string of the molecule is CC(C)COCCN1CCN2CCCCC2C1. The summed E-state index contributed by atoms with van der Waals surface area (Å²) in [5.41, 5.74) is 0. The molecule has 1 unspecified atom stereocenters. The minimum atomic E-state index is 0.658. The van der Waals surface area contributed by atoms with Gasteiger partial charge in [-0.15, -0.1) is 0 Å². The molecule has 0 aromatic heterocycles. The Kier molecular flexibility index (Phi) is 5.26. The largest absolute Gasteiger partial charge is 0.380 e. The number of piperidine rings is 1. The van der Waals surface area contributed by atoms with Gasteiger partial charge in [0.1, 0.15) is 0 Å². The van der Waals surface area contributed by atoms with E-state index in [9.17, 15) is 0 Å². The van der Waals surface area contributed by atoms with E-state index in [0.717, 1.165) is 25.8 Å². The number of nitrogens with zero attached hydrogens (tertiary/aromatic N) is 2. The molecule has 0 aromatic rings. The standard InChI is InChI=1S/C14H28N2O/c1-13(2)12-17-10-9-15-7-8-16-6-4-3-5-14(16)11-15/h13-14H,3-12H2,1-2H3. The predicted molar refractivity (Wildman–Crippen MR) is 71.3 cm³/mol. The molecular weight excluding hydrogens is 212 g/mol. The summed E-state index contributed by atoms with van der Waals surface area (Å²) in [5.74, 6) is 0.658. The summed E-state index contributed by atoms with van der Waals surface area (Å²) in [7, 11) is 0. The average Bonchev–Trinajstić information content (AvgIpc) is 2.34. The summed E-state index contributed by atoms with van der Waals surface area (Å²) in [5, 5.41) is 0. The Morgan fingerprint density at radius 3 is 2.88 bits per heavy atom. The van der Waals surface area contributed by atoms with Gasteiger partial charge in [0.2, 0.25) is 0 Å². The second-order valence-electron chi connectivity index (χ2n) is 5.95. The van der Waals surface area contributed by atoms with Crippen LogP contribution in [0, 0.1) is 5.92 Å². The molecular formula is C14H28N2O. The highest BCUT2D eigenvalue weighted by molar-refractivity contribution is 4.84. The number of piperazine rings is 1. The van der Waals surface area contributed by atoms with E-state index in [0.29, 0.717) is 5.92 Å². The maximum Gasteiger partial charge on any atom is 0.0593 e. The molecule has 0 aliphatic carbocycles. The van der Waals surface area contributed by atoms with Crippen molar-refractivity contribution in [3.8, 4) is 0 Å². The Morgan fingerprint density at radius 1 is 1.18 bits per heavy atom. The minimum Gasteiger partial charge on any atom is -0.380 e. The molecule has 0 amide bonds. The van der Waals surface area contributed by atoms with Crippen LogP contribution in [0.4, 0.5) is 0 Å². The molecule has 1 atom stereocenters. The average molecular weight is 240 g/mol. The molecule has 3 nitrogen and oxygen atoms in total. The van der Waals surface area contributed by atoms with Gasteiger partial charge in [0, 0.05) is 38.8 Å². The third-order valence-electron chi connectivity index (χ3n) is 3.92. The number of ether oxygens (including phenoxy) is 1. The highest BCUT2D eigenvalue weighted by Crippen LogP contribution is 2.20. The van der Waals surface area contributed by atoms with Crippen molar-refractivity contribution in [1.82, 2.24) is 9.80 Å². The first kappa shape index (κ1) is 13.3.